The van der Waals surface area contributed by atoms with Gasteiger partial charge in [0.25, 0.3) is 0 Å². The van der Waals surface area contributed by atoms with Crippen LogP contribution in [0.3, 0.4) is 0 Å². The maximum absolute atomic E-state index is 10.7. The molecule has 0 radical (unpaired) electrons. The number of hydrogen-bond acceptors (Lipinski definition) is 5. The Bertz CT molecular complexity index is 699. The van der Waals surface area contributed by atoms with Crippen molar-refractivity contribution in [3.05, 3.63) is 78.4 Å². The second-order valence-electron chi connectivity index (χ2n) is 5.04. The van der Waals surface area contributed by atoms with Gasteiger partial charge in [-0.05, 0) is 25.5 Å². The van der Waals surface area contributed by atoms with Crippen LogP contribution in [0.4, 0.5) is 0 Å². The van der Waals surface area contributed by atoms with Gasteiger partial charge in [-0.25, -0.2) is 14.4 Å². The van der Waals surface area contributed by atoms with E-state index in [0.29, 0.717) is 5.57 Å². The fraction of sp³-hybridized carbons (Fsp3) is 0.190. The number of carbonyl (C=O) groups is 3. The molecule has 0 aromatic heterocycles. The molecule has 1 N–H and O–H groups in total. The predicted octanol–water partition coefficient (Wildman–Crippen LogP) is 3.81. The molecule has 0 saturated heterocycles. The molecule has 0 unspecified atom stereocenters. The summed E-state index contributed by atoms with van der Waals surface area (Å²) in [4.78, 5) is 31.2. The molecule has 0 spiro atoms. The molecule has 1 aromatic rings. The van der Waals surface area contributed by atoms with E-state index in [-0.39, 0.29) is 17.1 Å². The lowest BCUT2D eigenvalue weighted by Crippen LogP contribution is -2.04. The van der Waals surface area contributed by atoms with E-state index in [2.05, 4.69) is 29.2 Å². The summed E-state index contributed by atoms with van der Waals surface area (Å²) in [5.74, 6) is -2.06. The van der Waals surface area contributed by atoms with Crippen molar-refractivity contribution in [2.75, 3.05) is 14.2 Å². The summed E-state index contributed by atoms with van der Waals surface area (Å²) in [6.45, 7) is 13.3. The molecule has 146 valence electrons. The molecule has 0 heterocycles. The highest BCUT2D eigenvalue weighted by Gasteiger charge is 2.06. The van der Waals surface area contributed by atoms with Gasteiger partial charge in [-0.15, -0.1) is 0 Å². The van der Waals surface area contributed by atoms with E-state index < -0.39 is 11.9 Å². The molecule has 0 aliphatic carbocycles. The Morgan fingerprint density at radius 1 is 0.963 bits per heavy atom. The maximum atomic E-state index is 10.7. The lowest BCUT2D eigenvalue weighted by atomic mass is 10.2. The number of hydrogen-bond donors (Lipinski definition) is 1. The van der Waals surface area contributed by atoms with Crippen LogP contribution >= 0.6 is 0 Å². The highest BCUT2D eigenvalue weighted by molar-refractivity contribution is 5.94. The van der Waals surface area contributed by atoms with E-state index in [1.165, 1.54) is 26.7 Å². The van der Waals surface area contributed by atoms with Crippen LogP contribution in [0.2, 0.25) is 0 Å². The lowest BCUT2D eigenvalue weighted by molar-refractivity contribution is -0.136. The van der Waals surface area contributed by atoms with E-state index in [4.69, 9.17) is 5.11 Å². The highest BCUT2D eigenvalue weighted by atomic mass is 16.5. The smallest absolute Gasteiger partial charge is 0.337 e. The van der Waals surface area contributed by atoms with Crippen molar-refractivity contribution in [3.8, 4) is 0 Å². The first kappa shape index (κ1) is 25.8. The number of esters is 2. The molecule has 0 saturated carbocycles. The summed E-state index contributed by atoms with van der Waals surface area (Å²) in [6.07, 6.45) is 2.99. The number of rotatable bonds is 5. The third kappa shape index (κ3) is 13.5. The second kappa shape index (κ2) is 14.9. The number of carboxylic acid groups (broad SMARTS) is 1. The fourth-order valence-corrected chi connectivity index (χ4v) is 1.28. The van der Waals surface area contributed by atoms with Crippen molar-refractivity contribution in [1.82, 2.24) is 0 Å². The maximum Gasteiger partial charge on any atom is 0.337 e. The van der Waals surface area contributed by atoms with Crippen LogP contribution in [0.5, 0.6) is 0 Å². The molecular weight excluding hydrogens is 348 g/mol. The van der Waals surface area contributed by atoms with Crippen molar-refractivity contribution in [3.63, 3.8) is 0 Å². The molecule has 0 atom stereocenters. The van der Waals surface area contributed by atoms with E-state index in [9.17, 15) is 14.4 Å². The Morgan fingerprint density at radius 2 is 1.44 bits per heavy atom. The van der Waals surface area contributed by atoms with Gasteiger partial charge < -0.3 is 14.6 Å². The molecule has 6 heteroatoms. The standard InChI is InChI=1S/C8H10O4.C8H8.C5H8O2/c1-5(7(9)10)4-6(2)8(11)12-3;1-2-8-6-4-3-5-7-8;1-4(2)5(6)7-3/h4H,2H2,1,3H3,(H,9,10);2-7H,1H2;1H2,2-3H3. The van der Waals surface area contributed by atoms with E-state index in [1.54, 1.807) is 6.92 Å². The third-order valence-electron chi connectivity index (χ3n) is 2.74. The van der Waals surface area contributed by atoms with Gasteiger partial charge in [0.1, 0.15) is 0 Å². The van der Waals surface area contributed by atoms with Crippen molar-refractivity contribution in [2.45, 2.75) is 13.8 Å². The number of benzene rings is 1. The van der Waals surface area contributed by atoms with Gasteiger partial charge in [-0.2, -0.15) is 0 Å². The Morgan fingerprint density at radius 3 is 1.70 bits per heavy atom. The van der Waals surface area contributed by atoms with Crippen molar-refractivity contribution in [2.24, 2.45) is 0 Å². The van der Waals surface area contributed by atoms with Gasteiger partial charge in [0.2, 0.25) is 0 Å². The molecule has 0 bridgehead atoms. The molecule has 1 aromatic carbocycles. The first-order valence-electron chi connectivity index (χ1n) is 7.70. The van der Waals surface area contributed by atoms with E-state index in [1.807, 2.05) is 36.4 Å². The van der Waals surface area contributed by atoms with Gasteiger partial charge in [-0.1, -0.05) is 56.1 Å². The van der Waals surface area contributed by atoms with Crippen LogP contribution in [0.1, 0.15) is 19.4 Å². The number of ether oxygens (including phenoxy) is 2. The third-order valence-corrected chi connectivity index (χ3v) is 2.74. The molecule has 0 aliphatic rings. The summed E-state index contributed by atoms with van der Waals surface area (Å²) in [5, 5.41) is 8.42. The monoisotopic (exact) mass is 374 g/mol. The Labute approximate surface area is 160 Å². The van der Waals surface area contributed by atoms with Crippen LogP contribution < -0.4 is 0 Å². The Kier molecular flexibility index (Phi) is 14.2. The second-order valence-corrected chi connectivity index (χ2v) is 5.04. The highest BCUT2D eigenvalue weighted by Crippen LogP contribution is 2.01. The number of aliphatic carboxylic acids is 1. The normalized spacial score (nSPS) is 9.26. The zero-order chi connectivity index (χ0) is 21.4. The fourth-order valence-electron chi connectivity index (χ4n) is 1.28. The summed E-state index contributed by atoms with van der Waals surface area (Å²) >= 11 is 0. The van der Waals surface area contributed by atoms with Gasteiger partial charge in [0, 0.05) is 11.1 Å². The summed E-state index contributed by atoms with van der Waals surface area (Å²) in [7, 11) is 2.54. The molecule has 0 aliphatic heterocycles. The molecule has 6 nitrogen and oxygen atoms in total. The van der Waals surface area contributed by atoms with E-state index >= 15 is 0 Å². The summed E-state index contributed by atoms with van der Waals surface area (Å²) in [6, 6.07) is 10.0. The molecular formula is C21H26O6. The number of methoxy groups -OCH3 is 2. The minimum absolute atomic E-state index is 0.0254. The number of carbonyl (C=O) groups excluding carboxylic acids is 2. The van der Waals surface area contributed by atoms with Crippen LogP contribution in [0, 0.1) is 0 Å². The first-order valence-corrected chi connectivity index (χ1v) is 7.70. The molecule has 0 amide bonds. The average Bonchev–Trinajstić information content (AvgIpc) is 2.67. The minimum Gasteiger partial charge on any atom is -0.478 e. The van der Waals surface area contributed by atoms with Gasteiger partial charge in [0.05, 0.1) is 19.8 Å². The topological polar surface area (TPSA) is 89.9 Å². The van der Waals surface area contributed by atoms with Crippen LogP contribution in [-0.2, 0) is 23.9 Å². The molecule has 0 fully saturated rings. The van der Waals surface area contributed by atoms with Gasteiger partial charge in [-0.3, -0.25) is 0 Å². The van der Waals surface area contributed by atoms with Crippen LogP contribution in [0.25, 0.3) is 6.08 Å². The Hall–Kier alpha value is -3.41. The first-order chi connectivity index (χ1) is 12.6. The number of carboxylic acids is 1. The quantitative estimate of drug-likeness (QED) is 0.479. The zero-order valence-corrected chi connectivity index (χ0v) is 16.2. The predicted molar refractivity (Wildman–Crippen MR) is 106 cm³/mol. The summed E-state index contributed by atoms with van der Waals surface area (Å²) in [5.41, 5.74) is 1.68. The van der Waals surface area contributed by atoms with Crippen molar-refractivity contribution in [1.29, 1.82) is 0 Å². The van der Waals surface area contributed by atoms with Gasteiger partial charge in [0.15, 0.2) is 0 Å². The Balaban J connectivity index is 0. The summed E-state index contributed by atoms with van der Waals surface area (Å²) < 4.78 is 8.59. The zero-order valence-electron chi connectivity index (χ0n) is 16.2. The SMILES string of the molecule is C=C(C)C(=O)OC.C=C(C=C(C)C(=O)O)C(=O)OC.C=Cc1ccccc1. The largest absolute Gasteiger partial charge is 0.478 e. The molecule has 27 heavy (non-hydrogen) atoms. The van der Waals surface area contributed by atoms with E-state index in [0.717, 1.165) is 6.08 Å². The lowest BCUT2D eigenvalue weighted by Gasteiger charge is -1.97. The van der Waals surface area contributed by atoms with Crippen molar-refractivity contribution < 1.29 is 29.0 Å². The van der Waals surface area contributed by atoms with Gasteiger partial charge >= 0.3 is 17.9 Å². The van der Waals surface area contributed by atoms with Crippen LogP contribution in [-0.4, -0.2) is 37.2 Å². The van der Waals surface area contributed by atoms with Crippen molar-refractivity contribution >= 4 is 24.0 Å². The average molecular weight is 374 g/mol. The van der Waals surface area contributed by atoms with Crippen LogP contribution in [0.15, 0.2) is 72.9 Å². The molecule has 1 rings (SSSR count). The minimum atomic E-state index is -1.08.